The van der Waals surface area contributed by atoms with E-state index in [1.165, 1.54) is 25.7 Å². The Kier molecular flexibility index (Phi) is 7.09. The molecule has 0 bridgehead atoms. The van der Waals surface area contributed by atoms with Gasteiger partial charge < -0.3 is 10.5 Å². The van der Waals surface area contributed by atoms with Crippen molar-refractivity contribution in [3.05, 3.63) is 0 Å². The van der Waals surface area contributed by atoms with Crippen LogP contribution in [0.2, 0.25) is 0 Å². The van der Waals surface area contributed by atoms with Crippen LogP contribution < -0.4 is 5.73 Å². The van der Waals surface area contributed by atoms with E-state index in [0.29, 0.717) is 12.0 Å². The normalized spacial score (nSPS) is 19.6. The zero-order valence-corrected chi connectivity index (χ0v) is 11.8. The Hall–Kier alpha value is -0.120. The molecule has 17 heavy (non-hydrogen) atoms. The molecule has 2 N–H and O–H groups in total. The van der Waals surface area contributed by atoms with Gasteiger partial charge in [0.2, 0.25) is 0 Å². The first kappa shape index (κ1) is 14.9. The molecule has 1 aliphatic rings. The van der Waals surface area contributed by atoms with Crippen LogP contribution in [0, 0.1) is 11.8 Å². The van der Waals surface area contributed by atoms with Crippen molar-refractivity contribution < 1.29 is 4.74 Å². The van der Waals surface area contributed by atoms with Crippen molar-refractivity contribution >= 4 is 0 Å². The van der Waals surface area contributed by atoms with Crippen molar-refractivity contribution in [2.45, 2.75) is 45.6 Å². The second-order valence-corrected chi connectivity index (χ2v) is 5.46. The first-order valence-corrected chi connectivity index (χ1v) is 7.15. The van der Waals surface area contributed by atoms with Gasteiger partial charge in [-0.3, -0.25) is 4.90 Å². The fourth-order valence-electron chi connectivity index (χ4n) is 2.57. The zero-order chi connectivity index (χ0) is 12.7. The van der Waals surface area contributed by atoms with Crippen molar-refractivity contribution in [1.82, 2.24) is 4.90 Å². The van der Waals surface area contributed by atoms with Gasteiger partial charge in [0.25, 0.3) is 0 Å². The Morgan fingerprint density at radius 3 is 2.59 bits per heavy atom. The summed E-state index contributed by atoms with van der Waals surface area (Å²) in [5.74, 6) is 1.57. The van der Waals surface area contributed by atoms with Crippen LogP contribution in [0.15, 0.2) is 0 Å². The fourth-order valence-corrected chi connectivity index (χ4v) is 2.57. The minimum absolute atomic E-state index is 0.651. The van der Waals surface area contributed by atoms with Crippen LogP contribution in [0.5, 0.6) is 0 Å². The van der Waals surface area contributed by atoms with E-state index in [9.17, 15) is 0 Å². The van der Waals surface area contributed by atoms with Crippen LogP contribution in [0.3, 0.4) is 0 Å². The predicted molar refractivity (Wildman–Crippen MR) is 73.1 cm³/mol. The van der Waals surface area contributed by atoms with Crippen molar-refractivity contribution in [2.75, 3.05) is 33.4 Å². The largest absolute Gasteiger partial charge is 0.383 e. The van der Waals surface area contributed by atoms with Gasteiger partial charge in [-0.25, -0.2) is 0 Å². The van der Waals surface area contributed by atoms with Gasteiger partial charge in [0.05, 0.1) is 6.61 Å². The van der Waals surface area contributed by atoms with Crippen molar-refractivity contribution in [3.63, 3.8) is 0 Å². The average Bonchev–Trinajstić information content (AvgIpc) is 3.16. The number of nitrogens with zero attached hydrogens (tertiary/aromatic N) is 1. The maximum Gasteiger partial charge on any atom is 0.0589 e. The van der Waals surface area contributed by atoms with Crippen LogP contribution in [0.4, 0.5) is 0 Å². The second-order valence-electron chi connectivity index (χ2n) is 5.46. The molecule has 0 aromatic carbocycles. The number of hydrogen-bond acceptors (Lipinski definition) is 3. The molecule has 0 amide bonds. The van der Waals surface area contributed by atoms with E-state index in [4.69, 9.17) is 10.5 Å². The van der Waals surface area contributed by atoms with E-state index in [0.717, 1.165) is 32.2 Å². The van der Waals surface area contributed by atoms with Crippen molar-refractivity contribution in [1.29, 1.82) is 0 Å². The quantitative estimate of drug-likeness (QED) is 0.637. The standard InChI is InChI=1S/C14H30N2O/c1-4-5-13(10-15)11-16(8-9-17-3)12(2)14-6-7-14/h12-14H,4-11,15H2,1-3H3. The Morgan fingerprint density at radius 2 is 2.12 bits per heavy atom. The molecular weight excluding hydrogens is 212 g/mol. The monoisotopic (exact) mass is 242 g/mol. The summed E-state index contributed by atoms with van der Waals surface area (Å²) in [6.07, 6.45) is 5.30. The third-order valence-electron chi connectivity index (χ3n) is 3.99. The summed E-state index contributed by atoms with van der Waals surface area (Å²) >= 11 is 0. The number of hydrogen-bond donors (Lipinski definition) is 1. The van der Waals surface area contributed by atoms with Gasteiger partial charge >= 0.3 is 0 Å². The molecule has 0 spiro atoms. The van der Waals surface area contributed by atoms with Crippen molar-refractivity contribution in [2.24, 2.45) is 17.6 Å². The van der Waals surface area contributed by atoms with Gasteiger partial charge in [-0.1, -0.05) is 13.3 Å². The lowest BCUT2D eigenvalue weighted by Crippen LogP contribution is -2.42. The van der Waals surface area contributed by atoms with Crippen molar-refractivity contribution in [3.8, 4) is 0 Å². The van der Waals surface area contributed by atoms with Gasteiger partial charge in [-0.15, -0.1) is 0 Å². The van der Waals surface area contributed by atoms with E-state index < -0.39 is 0 Å². The highest BCUT2D eigenvalue weighted by molar-refractivity contribution is 4.86. The SMILES string of the molecule is CCCC(CN)CN(CCOC)C(C)C1CC1. The number of nitrogens with two attached hydrogens (primary N) is 1. The highest BCUT2D eigenvalue weighted by atomic mass is 16.5. The minimum Gasteiger partial charge on any atom is -0.383 e. The first-order chi connectivity index (χ1) is 8.22. The van der Waals surface area contributed by atoms with Crippen LogP contribution in [-0.4, -0.2) is 44.3 Å². The third-order valence-corrected chi connectivity index (χ3v) is 3.99. The highest BCUT2D eigenvalue weighted by Crippen LogP contribution is 2.35. The van der Waals surface area contributed by atoms with Crippen LogP contribution in [0.1, 0.15) is 39.5 Å². The summed E-state index contributed by atoms with van der Waals surface area (Å²) in [4.78, 5) is 2.59. The molecule has 3 nitrogen and oxygen atoms in total. The molecule has 2 atom stereocenters. The van der Waals surface area contributed by atoms with E-state index in [1.807, 2.05) is 0 Å². The minimum atomic E-state index is 0.651. The molecule has 1 aliphatic carbocycles. The maximum absolute atomic E-state index is 5.87. The van der Waals surface area contributed by atoms with Gasteiger partial charge in [0.1, 0.15) is 0 Å². The lowest BCUT2D eigenvalue weighted by Gasteiger charge is -2.32. The first-order valence-electron chi connectivity index (χ1n) is 7.15. The molecule has 0 saturated heterocycles. The molecular formula is C14H30N2O. The van der Waals surface area contributed by atoms with E-state index in [-0.39, 0.29) is 0 Å². The molecule has 3 heteroatoms. The predicted octanol–water partition coefficient (Wildman–Crippen LogP) is 2.11. The number of methoxy groups -OCH3 is 1. The third kappa shape index (κ3) is 5.36. The fraction of sp³-hybridized carbons (Fsp3) is 1.00. The average molecular weight is 242 g/mol. The Bertz CT molecular complexity index is 195. The molecule has 0 aromatic rings. The van der Waals surface area contributed by atoms with Gasteiger partial charge in [0.15, 0.2) is 0 Å². The molecule has 0 heterocycles. The van der Waals surface area contributed by atoms with Crippen LogP contribution in [0.25, 0.3) is 0 Å². The number of rotatable bonds is 10. The summed E-state index contributed by atoms with van der Waals surface area (Å²) in [7, 11) is 1.78. The Morgan fingerprint density at radius 1 is 1.41 bits per heavy atom. The molecule has 0 radical (unpaired) electrons. The van der Waals surface area contributed by atoms with Crippen LogP contribution in [-0.2, 0) is 4.74 Å². The molecule has 1 fully saturated rings. The van der Waals surface area contributed by atoms with Crippen LogP contribution >= 0.6 is 0 Å². The summed E-state index contributed by atoms with van der Waals surface area (Å²) < 4.78 is 5.22. The molecule has 1 rings (SSSR count). The van der Waals surface area contributed by atoms with E-state index in [2.05, 4.69) is 18.7 Å². The van der Waals surface area contributed by atoms with E-state index >= 15 is 0 Å². The molecule has 1 saturated carbocycles. The molecule has 2 unspecified atom stereocenters. The lowest BCUT2D eigenvalue weighted by atomic mass is 10.0. The zero-order valence-electron chi connectivity index (χ0n) is 11.8. The Balaban J connectivity index is 2.42. The number of ether oxygens (including phenoxy) is 1. The molecule has 102 valence electrons. The smallest absolute Gasteiger partial charge is 0.0589 e. The summed E-state index contributed by atoms with van der Waals surface area (Å²) in [5.41, 5.74) is 5.87. The maximum atomic E-state index is 5.87. The summed E-state index contributed by atoms with van der Waals surface area (Å²) in [6.45, 7) is 8.45. The topological polar surface area (TPSA) is 38.5 Å². The molecule has 0 aromatic heterocycles. The highest BCUT2D eigenvalue weighted by Gasteiger charge is 2.32. The lowest BCUT2D eigenvalue weighted by molar-refractivity contribution is 0.102. The Labute approximate surface area is 107 Å². The van der Waals surface area contributed by atoms with Gasteiger partial charge in [0, 0.05) is 26.2 Å². The van der Waals surface area contributed by atoms with Gasteiger partial charge in [-0.05, 0) is 44.6 Å². The molecule has 0 aliphatic heterocycles. The van der Waals surface area contributed by atoms with Gasteiger partial charge in [-0.2, -0.15) is 0 Å². The second kappa shape index (κ2) is 8.06. The summed E-state index contributed by atoms with van der Waals surface area (Å²) in [5, 5.41) is 0. The van der Waals surface area contributed by atoms with E-state index in [1.54, 1.807) is 7.11 Å². The summed E-state index contributed by atoms with van der Waals surface area (Å²) in [6, 6.07) is 0.705.